The maximum absolute atomic E-state index is 11.4. The van der Waals surface area contributed by atoms with E-state index in [-0.39, 0.29) is 11.9 Å². The van der Waals surface area contributed by atoms with Crippen molar-refractivity contribution in [3.8, 4) is 0 Å². The van der Waals surface area contributed by atoms with Crippen molar-refractivity contribution in [2.45, 2.75) is 32.7 Å². The Balaban J connectivity index is 3.76. The second kappa shape index (κ2) is 5.75. The lowest BCUT2D eigenvalue weighted by atomic mass is 10.2. The number of carbonyl (C=O) groups excluding carboxylic acids is 1. The third kappa shape index (κ3) is 6.34. The van der Waals surface area contributed by atoms with Gasteiger partial charge in [0.15, 0.2) is 0 Å². The Morgan fingerprint density at radius 1 is 1.62 bits per heavy atom. The van der Waals surface area contributed by atoms with Gasteiger partial charge >= 0.3 is 0 Å². The van der Waals surface area contributed by atoms with E-state index in [4.69, 9.17) is 5.73 Å². The van der Waals surface area contributed by atoms with E-state index in [1.165, 1.54) is 0 Å². The molecule has 3 heteroatoms. The van der Waals surface area contributed by atoms with Gasteiger partial charge in [0.2, 0.25) is 5.91 Å². The van der Waals surface area contributed by atoms with Crippen molar-refractivity contribution >= 4 is 5.91 Å². The van der Waals surface area contributed by atoms with E-state index >= 15 is 0 Å². The van der Waals surface area contributed by atoms with Crippen molar-refractivity contribution in [2.75, 3.05) is 13.6 Å². The summed E-state index contributed by atoms with van der Waals surface area (Å²) in [6, 6.07) is 0.0992. The van der Waals surface area contributed by atoms with Crippen molar-refractivity contribution in [1.29, 1.82) is 0 Å². The van der Waals surface area contributed by atoms with Crippen LogP contribution in [0.4, 0.5) is 0 Å². The lowest BCUT2D eigenvalue weighted by Gasteiger charge is -2.17. The molecule has 0 aromatic rings. The molecule has 0 bridgehead atoms. The molecule has 0 aliphatic heterocycles. The Bertz CT molecular complexity index is 187. The smallest absolute Gasteiger partial charge is 0.222 e. The lowest BCUT2D eigenvalue weighted by molar-refractivity contribution is -0.129. The molecule has 0 aromatic heterocycles. The normalized spacial score (nSPS) is 12.3. The van der Waals surface area contributed by atoms with Gasteiger partial charge in [-0.2, -0.15) is 0 Å². The van der Waals surface area contributed by atoms with Crippen LogP contribution in [0.25, 0.3) is 0 Å². The van der Waals surface area contributed by atoms with Gasteiger partial charge in [0, 0.05) is 26.1 Å². The minimum Gasteiger partial charge on any atom is -0.342 e. The number of nitrogens with two attached hydrogens (primary N) is 1. The van der Waals surface area contributed by atoms with Gasteiger partial charge in [-0.05, 0) is 20.3 Å². The number of hydrogen-bond donors (Lipinski definition) is 1. The monoisotopic (exact) mass is 184 g/mol. The van der Waals surface area contributed by atoms with Gasteiger partial charge in [0.05, 0.1) is 0 Å². The molecular formula is C10H20N2O. The molecule has 0 radical (unpaired) electrons. The summed E-state index contributed by atoms with van der Waals surface area (Å²) in [5, 5.41) is 0. The van der Waals surface area contributed by atoms with Crippen LogP contribution in [0.2, 0.25) is 0 Å². The van der Waals surface area contributed by atoms with Crippen LogP contribution in [0.5, 0.6) is 0 Å². The summed E-state index contributed by atoms with van der Waals surface area (Å²) in [4.78, 5) is 13.1. The average Bonchev–Trinajstić information content (AvgIpc) is 1.98. The van der Waals surface area contributed by atoms with Crippen LogP contribution < -0.4 is 5.73 Å². The zero-order chi connectivity index (χ0) is 10.4. The Labute approximate surface area is 80.6 Å². The summed E-state index contributed by atoms with van der Waals surface area (Å²) in [5.41, 5.74) is 6.55. The predicted octanol–water partition coefficient (Wildman–Crippen LogP) is 1.15. The summed E-state index contributed by atoms with van der Waals surface area (Å²) >= 11 is 0. The molecule has 0 aromatic carbocycles. The Kier molecular flexibility index (Phi) is 5.39. The Morgan fingerprint density at radius 2 is 2.15 bits per heavy atom. The third-order valence-corrected chi connectivity index (χ3v) is 1.75. The molecule has 2 N–H and O–H groups in total. The molecule has 1 amide bonds. The number of carbonyl (C=O) groups is 1. The molecule has 0 saturated carbocycles. The molecule has 0 rings (SSSR count). The van der Waals surface area contributed by atoms with Crippen LogP contribution in [0.15, 0.2) is 12.2 Å². The van der Waals surface area contributed by atoms with Crippen LogP contribution in [-0.4, -0.2) is 30.4 Å². The highest BCUT2D eigenvalue weighted by Crippen LogP contribution is 2.00. The lowest BCUT2D eigenvalue weighted by Crippen LogP contribution is -2.29. The third-order valence-electron chi connectivity index (χ3n) is 1.75. The van der Waals surface area contributed by atoms with Crippen molar-refractivity contribution in [1.82, 2.24) is 4.90 Å². The Hall–Kier alpha value is -0.830. The largest absolute Gasteiger partial charge is 0.342 e. The quantitative estimate of drug-likeness (QED) is 0.651. The standard InChI is InChI=1S/C10H20N2O/c1-8(2)7-12(4)10(13)6-5-9(3)11/h9H,1,5-7,11H2,2-4H3. The van der Waals surface area contributed by atoms with E-state index in [1.807, 2.05) is 13.8 Å². The van der Waals surface area contributed by atoms with Crippen LogP contribution in [-0.2, 0) is 4.79 Å². The number of nitrogens with zero attached hydrogens (tertiary/aromatic N) is 1. The van der Waals surface area contributed by atoms with E-state index in [0.29, 0.717) is 13.0 Å². The summed E-state index contributed by atoms with van der Waals surface area (Å²) in [6.07, 6.45) is 1.28. The molecule has 0 fully saturated rings. The van der Waals surface area contributed by atoms with Crippen molar-refractivity contribution < 1.29 is 4.79 Å². The maximum Gasteiger partial charge on any atom is 0.222 e. The fourth-order valence-electron chi connectivity index (χ4n) is 1.04. The van der Waals surface area contributed by atoms with Gasteiger partial charge in [-0.15, -0.1) is 0 Å². The number of hydrogen-bond acceptors (Lipinski definition) is 2. The molecule has 0 spiro atoms. The SMILES string of the molecule is C=C(C)CN(C)C(=O)CCC(C)N. The van der Waals surface area contributed by atoms with Gasteiger partial charge in [-0.25, -0.2) is 0 Å². The highest BCUT2D eigenvalue weighted by atomic mass is 16.2. The van der Waals surface area contributed by atoms with E-state index in [9.17, 15) is 4.79 Å². The van der Waals surface area contributed by atoms with E-state index < -0.39 is 0 Å². The summed E-state index contributed by atoms with van der Waals surface area (Å²) in [7, 11) is 1.79. The first-order valence-corrected chi connectivity index (χ1v) is 4.57. The van der Waals surface area contributed by atoms with Gasteiger partial charge in [0.25, 0.3) is 0 Å². The van der Waals surface area contributed by atoms with Gasteiger partial charge < -0.3 is 10.6 Å². The molecule has 76 valence electrons. The first-order chi connectivity index (χ1) is 5.93. The van der Waals surface area contributed by atoms with Crippen LogP contribution in [0.3, 0.4) is 0 Å². The minimum atomic E-state index is 0.0992. The topological polar surface area (TPSA) is 46.3 Å². The number of likely N-dealkylation sites (N-methyl/N-ethyl adjacent to an activating group) is 1. The van der Waals surface area contributed by atoms with E-state index in [1.54, 1.807) is 11.9 Å². The molecule has 13 heavy (non-hydrogen) atoms. The number of amides is 1. The van der Waals surface area contributed by atoms with E-state index in [0.717, 1.165) is 12.0 Å². The predicted molar refractivity (Wildman–Crippen MR) is 55.3 cm³/mol. The highest BCUT2D eigenvalue weighted by Gasteiger charge is 2.08. The molecule has 0 aliphatic carbocycles. The van der Waals surface area contributed by atoms with Crippen LogP contribution in [0.1, 0.15) is 26.7 Å². The van der Waals surface area contributed by atoms with Crippen molar-refractivity contribution in [2.24, 2.45) is 5.73 Å². The zero-order valence-electron chi connectivity index (χ0n) is 8.84. The zero-order valence-corrected chi connectivity index (χ0v) is 8.84. The van der Waals surface area contributed by atoms with E-state index in [2.05, 4.69) is 6.58 Å². The second-order valence-corrected chi connectivity index (χ2v) is 3.72. The van der Waals surface area contributed by atoms with Gasteiger partial charge in [-0.1, -0.05) is 12.2 Å². The van der Waals surface area contributed by atoms with Crippen molar-refractivity contribution in [3.05, 3.63) is 12.2 Å². The van der Waals surface area contributed by atoms with Gasteiger partial charge in [-0.3, -0.25) is 4.79 Å². The first-order valence-electron chi connectivity index (χ1n) is 4.57. The van der Waals surface area contributed by atoms with Gasteiger partial charge in [0.1, 0.15) is 0 Å². The molecule has 0 aliphatic rings. The Morgan fingerprint density at radius 3 is 2.54 bits per heavy atom. The summed E-state index contributed by atoms with van der Waals surface area (Å²) in [6.45, 7) is 8.21. The molecule has 0 heterocycles. The molecule has 3 nitrogen and oxygen atoms in total. The second-order valence-electron chi connectivity index (χ2n) is 3.72. The highest BCUT2D eigenvalue weighted by molar-refractivity contribution is 5.76. The minimum absolute atomic E-state index is 0.0992. The fourth-order valence-corrected chi connectivity index (χ4v) is 1.04. The van der Waals surface area contributed by atoms with Crippen LogP contribution in [0, 0.1) is 0 Å². The summed E-state index contributed by atoms with van der Waals surface area (Å²) in [5.74, 6) is 0.139. The fraction of sp³-hybridized carbons (Fsp3) is 0.700. The first kappa shape index (κ1) is 12.2. The number of rotatable bonds is 5. The summed E-state index contributed by atoms with van der Waals surface area (Å²) < 4.78 is 0. The molecule has 0 saturated heterocycles. The van der Waals surface area contributed by atoms with Crippen LogP contribution >= 0.6 is 0 Å². The maximum atomic E-state index is 11.4. The molecular weight excluding hydrogens is 164 g/mol. The molecule has 1 unspecified atom stereocenters. The molecule has 1 atom stereocenters. The average molecular weight is 184 g/mol. The van der Waals surface area contributed by atoms with Crippen molar-refractivity contribution in [3.63, 3.8) is 0 Å².